The topological polar surface area (TPSA) is 84.3 Å². The molecular weight excluding hydrogens is 230 g/mol. The number of phenolic OH excluding ortho intramolecular Hbond substituents is 2. The molecule has 0 radical (unpaired) electrons. The number of aryl methyl sites for hydroxylation is 1. The molecule has 0 saturated carbocycles. The molecule has 5 nitrogen and oxygen atoms in total. The van der Waals surface area contributed by atoms with E-state index in [1.165, 1.54) is 23.0 Å². The van der Waals surface area contributed by atoms with Gasteiger partial charge in [0.05, 0.1) is 16.8 Å². The Morgan fingerprint density at radius 2 is 2.06 bits per heavy atom. The zero-order chi connectivity index (χ0) is 11.9. The van der Waals surface area contributed by atoms with Crippen LogP contribution in [0.15, 0.2) is 18.3 Å². The molecule has 1 aromatic carbocycles. The van der Waals surface area contributed by atoms with E-state index in [9.17, 15) is 10.2 Å². The van der Waals surface area contributed by atoms with Crippen molar-refractivity contribution in [1.29, 1.82) is 0 Å². The maximum Gasteiger partial charge on any atom is 0.167 e. The quantitative estimate of drug-likeness (QED) is 0.662. The average molecular weight is 240 g/mol. The normalized spacial score (nSPS) is 10.6. The van der Waals surface area contributed by atoms with Gasteiger partial charge in [0.2, 0.25) is 0 Å². The van der Waals surface area contributed by atoms with Gasteiger partial charge in [-0.15, -0.1) is 0 Å². The van der Waals surface area contributed by atoms with Crippen LogP contribution in [-0.4, -0.2) is 20.0 Å². The number of aromatic nitrogens is 2. The Labute approximate surface area is 96.7 Å². The summed E-state index contributed by atoms with van der Waals surface area (Å²) in [5.41, 5.74) is 6.54. The van der Waals surface area contributed by atoms with Crippen molar-refractivity contribution >= 4 is 17.4 Å². The van der Waals surface area contributed by atoms with Crippen molar-refractivity contribution in [3.8, 4) is 22.6 Å². The summed E-state index contributed by atoms with van der Waals surface area (Å²) in [4.78, 5) is 0. The van der Waals surface area contributed by atoms with E-state index in [0.717, 1.165) is 0 Å². The first-order chi connectivity index (χ1) is 7.52. The average Bonchev–Trinajstić information content (AvgIpc) is 2.56. The first-order valence-electron chi connectivity index (χ1n) is 4.50. The van der Waals surface area contributed by atoms with Crippen molar-refractivity contribution in [3.63, 3.8) is 0 Å². The summed E-state index contributed by atoms with van der Waals surface area (Å²) in [5.74, 6) is -0.183. The molecule has 0 unspecified atom stereocenters. The van der Waals surface area contributed by atoms with Gasteiger partial charge in [0.15, 0.2) is 11.5 Å². The van der Waals surface area contributed by atoms with Gasteiger partial charge in [0.1, 0.15) is 5.82 Å². The summed E-state index contributed by atoms with van der Waals surface area (Å²) < 4.78 is 1.45. The summed E-state index contributed by atoms with van der Waals surface area (Å²) in [6.45, 7) is 0. The van der Waals surface area contributed by atoms with Crippen molar-refractivity contribution in [1.82, 2.24) is 9.78 Å². The summed E-state index contributed by atoms with van der Waals surface area (Å²) in [6, 6.07) is 2.80. The summed E-state index contributed by atoms with van der Waals surface area (Å²) in [5, 5.41) is 23.4. The standard InChI is InChI=1S/C10H10ClN3O2/c1-14-10(12)5(4-13-14)8-6(11)2-3-7(15)9(8)16/h2-4,15-16H,12H2,1H3. The number of nitrogen functional groups attached to an aromatic ring is 1. The molecule has 1 aromatic heterocycles. The smallest absolute Gasteiger partial charge is 0.167 e. The lowest BCUT2D eigenvalue weighted by Gasteiger charge is -2.07. The molecule has 0 aliphatic carbocycles. The Hall–Kier alpha value is -1.88. The minimum absolute atomic E-state index is 0.248. The maximum atomic E-state index is 9.74. The van der Waals surface area contributed by atoms with Crippen LogP contribution in [0.3, 0.4) is 0 Å². The maximum absolute atomic E-state index is 9.74. The number of hydrogen-bond donors (Lipinski definition) is 3. The number of nitrogens with two attached hydrogens (primary N) is 1. The Kier molecular flexibility index (Phi) is 2.40. The van der Waals surface area contributed by atoms with Gasteiger partial charge in [0.25, 0.3) is 0 Å². The Morgan fingerprint density at radius 3 is 2.62 bits per heavy atom. The SMILES string of the molecule is Cn1ncc(-c2c(Cl)ccc(O)c2O)c1N. The third-order valence-electron chi connectivity index (χ3n) is 2.36. The highest BCUT2D eigenvalue weighted by molar-refractivity contribution is 6.34. The fourth-order valence-corrected chi connectivity index (χ4v) is 1.71. The molecule has 0 bridgehead atoms. The highest BCUT2D eigenvalue weighted by Crippen LogP contribution is 2.43. The number of benzene rings is 1. The van der Waals surface area contributed by atoms with Crippen LogP contribution < -0.4 is 5.73 Å². The molecule has 2 aromatic rings. The lowest BCUT2D eigenvalue weighted by molar-refractivity contribution is 0.405. The van der Waals surface area contributed by atoms with Gasteiger partial charge >= 0.3 is 0 Å². The number of nitrogens with zero attached hydrogens (tertiary/aromatic N) is 2. The van der Waals surface area contributed by atoms with E-state index >= 15 is 0 Å². The molecule has 84 valence electrons. The van der Waals surface area contributed by atoms with Gasteiger partial charge < -0.3 is 15.9 Å². The fraction of sp³-hybridized carbons (Fsp3) is 0.100. The predicted octanol–water partition coefficient (Wildman–Crippen LogP) is 1.73. The molecule has 1 heterocycles. The number of phenols is 2. The van der Waals surface area contributed by atoms with Gasteiger partial charge in [-0.1, -0.05) is 11.6 Å². The summed E-state index contributed by atoms with van der Waals surface area (Å²) in [7, 11) is 1.67. The molecule has 0 amide bonds. The second-order valence-electron chi connectivity index (χ2n) is 3.36. The Morgan fingerprint density at radius 1 is 1.38 bits per heavy atom. The van der Waals surface area contributed by atoms with Crippen LogP contribution in [0, 0.1) is 0 Å². The molecule has 0 aliphatic heterocycles. The molecule has 4 N–H and O–H groups in total. The Balaban J connectivity index is 2.73. The highest BCUT2D eigenvalue weighted by Gasteiger charge is 2.17. The van der Waals surface area contributed by atoms with Crippen LogP contribution in [0.1, 0.15) is 0 Å². The van der Waals surface area contributed by atoms with E-state index in [-0.39, 0.29) is 17.1 Å². The molecule has 0 saturated heterocycles. The number of anilines is 1. The van der Waals surface area contributed by atoms with E-state index in [1.54, 1.807) is 7.05 Å². The predicted molar refractivity (Wildman–Crippen MR) is 61.4 cm³/mol. The van der Waals surface area contributed by atoms with E-state index < -0.39 is 0 Å². The third-order valence-corrected chi connectivity index (χ3v) is 2.67. The minimum Gasteiger partial charge on any atom is -0.504 e. The number of hydrogen-bond acceptors (Lipinski definition) is 4. The number of aromatic hydroxyl groups is 2. The lowest BCUT2D eigenvalue weighted by Crippen LogP contribution is -1.98. The van der Waals surface area contributed by atoms with Crippen LogP contribution in [0.5, 0.6) is 11.5 Å². The second-order valence-corrected chi connectivity index (χ2v) is 3.76. The minimum atomic E-state index is -0.299. The van der Waals surface area contributed by atoms with Gasteiger partial charge in [-0.25, -0.2) is 0 Å². The van der Waals surface area contributed by atoms with Gasteiger partial charge in [-0.2, -0.15) is 5.10 Å². The Bertz CT molecular complexity index is 551. The number of rotatable bonds is 1. The molecular formula is C10H10ClN3O2. The largest absolute Gasteiger partial charge is 0.504 e. The summed E-state index contributed by atoms with van der Waals surface area (Å²) in [6.07, 6.45) is 1.48. The van der Waals surface area contributed by atoms with Crippen LogP contribution in [0.4, 0.5) is 5.82 Å². The molecule has 0 atom stereocenters. The van der Waals surface area contributed by atoms with E-state index in [0.29, 0.717) is 16.4 Å². The van der Waals surface area contributed by atoms with Gasteiger partial charge in [-0.05, 0) is 12.1 Å². The second kappa shape index (κ2) is 3.61. The molecule has 0 spiro atoms. The highest BCUT2D eigenvalue weighted by atomic mass is 35.5. The van der Waals surface area contributed by atoms with E-state index in [4.69, 9.17) is 17.3 Å². The monoisotopic (exact) mass is 239 g/mol. The van der Waals surface area contributed by atoms with Crippen LogP contribution in [0.25, 0.3) is 11.1 Å². The molecule has 6 heteroatoms. The molecule has 2 rings (SSSR count). The van der Waals surface area contributed by atoms with Crippen LogP contribution >= 0.6 is 11.6 Å². The van der Waals surface area contributed by atoms with Crippen molar-refractivity contribution in [3.05, 3.63) is 23.4 Å². The van der Waals surface area contributed by atoms with Crippen molar-refractivity contribution in [2.45, 2.75) is 0 Å². The molecule has 0 aliphatic rings. The molecule has 16 heavy (non-hydrogen) atoms. The summed E-state index contributed by atoms with van der Waals surface area (Å²) >= 11 is 5.95. The van der Waals surface area contributed by atoms with Gasteiger partial charge in [0, 0.05) is 12.6 Å². The first kappa shape index (κ1) is 10.6. The fourth-order valence-electron chi connectivity index (χ4n) is 1.45. The zero-order valence-corrected chi connectivity index (χ0v) is 9.23. The van der Waals surface area contributed by atoms with Crippen molar-refractivity contribution < 1.29 is 10.2 Å². The van der Waals surface area contributed by atoms with Crippen LogP contribution in [0.2, 0.25) is 5.02 Å². The van der Waals surface area contributed by atoms with Crippen molar-refractivity contribution in [2.24, 2.45) is 7.05 Å². The van der Waals surface area contributed by atoms with Crippen LogP contribution in [-0.2, 0) is 7.05 Å². The molecule has 0 fully saturated rings. The first-order valence-corrected chi connectivity index (χ1v) is 4.88. The van der Waals surface area contributed by atoms with Crippen molar-refractivity contribution in [2.75, 3.05) is 5.73 Å². The van der Waals surface area contributed by atoms with E-state index in [2.05, 4.69) is 5.10 Å². The lowest BCUT2D eigenvalue weighted by atomic mass is 10.1. The van der Waals surface area contributed by atoms with Gasteiger partial charge in [-0.3, -0.25) is 4.68 Å². The van der Waals surface area contributed by atoms with E-state index in [1.807, 2.05) is 0 Å². The third kappa shape index (κ3) is 1.45. The zero-order valence-electron chi connectivity index (χ0n) is 8.48. The number of halogens is 1.